The quantitative estimate of drug-likeness (QED) is 0.236. The van der Waals surface area contributed by atoms with E-state index < -0.39 is 0 Å². The monoisotopic (exact) mass is 641 g/mol. The molecule has 0 radical (unpaired) electrons. The molecular weight excluding hydrogens is 564 g/mol. The van der Waals surface area contributed by atoms with Crippen molar-refractivity contribution in [3.8, 4) is 0 Å². The van der Waals surface area contributed by atoms with Gasteiger partial charge in [-0.2, -0.15) is 0 Å². The molecule has 0 saturated heterocycles. The van der Waals surface area contributed by atoms with Gasteiger partial charge >= 0.3 is 0 Å². The predicted octanol–water partition coefficient (Wildman–Crippen LogP) is 14.3. The van der Waals surface area contributed by atoms with Crippen molar-refractivity contribution in [3.05, 3.63) is 34.4 Å². The van der Waals surface area contributed by atoms with Gasteiger partial charge in [0.05, 0.1) is 4.87 Å². The van der Waals surface area contributed by atoms with E-state index in [0.29, 0.717) is 33.5 Å². The second kappa shape index (κ2) is 13.1. The SMILES string of the molecule is Cc1c(C(C)(C)C)cc(CCC(Cl)(C(C)CC2CC(C)(C)CC(C)(C)C2)C(C)CC2CC(C)(C)CC(C)(C)C2)cc1C(C)(C)C. The molecule has 0 spiro atoms. The molecule has 0 nitrogen and oxygen atoms in total. The van der Waals surface area contributed by atoms with E-state index in [1.807, 2.05) is 0 Å². The summed E-state index contributed by atoms with van der Waals surface area (Å²) >= 11 is 8.20. The van der Waals surface area contributed by atoms with E-state index in [2.05, 4.69) is 130 Å². The zero-order chi connectivity index (χ0) is 34.6. The largest absolute Gasteiger partial charge is 0.119 e. The van der Waals surface area contributed by atoms with Crippen molar-refractivity contribution in [1.82, 2.24) is 0 Å². The van der Waals surface area contributed by atoms with Crippen LogP contribution in [-0.4, -0.2) is 4.87 Å². The fraction of sp³-hybridized carbons (Fsp3) is 0.864. The van der Waals surface area contributed by atoms with Crippen LogP contribution in [0.15, 0.2) is 12.1 Å². The van der Waals surface area contributed by atoms with Crippen LogP contribution in [0.5, 0.6) is 0 Å². The summed E-state index contributed by atoms with van der Waals surface area (Å²) in [7, 11) is 0. The fourth-order valence-electron chi connectivity index (χ4n) is 11.7. The van der Waals surface area contributed by atoms with Gasteiger partial charge in [0.25, 0.3) is 0 Å². The Kier molecular flexibility index (Phi) is 11.3. The third-order valence-electron chi connectivity index (χ3n) is 12.2. The highest BCUT2D eigenvalue weighted by Gasteiger charge is 2.46. The smallest absolute Gasteiger partial charge is 0.0501 e. The summed E-state index contributed by atoms with van der Waals surface area (Å²) in [4.78, 5) is -0.202. The average Bonchev–Trinajstić information content (AvgIpc) is 2.77. The van der Waals surface area contributed by atoms with Crippen LogP contribution in [0.4, 0.5) is 0 Å². The molecule has 2 fully saturated rings. The van der Waals surface area contributed by atoms with E-state index >= 15 is 0 Å². The molecule has 2 atom stereocenters. The van der Waals surface area contributed by atoms with Crippen LogP contribution < -0.4 is 0 Å². The molecule has 0 N–H and O–H groups in total. The lowest BCUT2D eigenvalue weighted by atomic mass is 9.58. The number of aryl methyl sites for hydroxylation is 1. The van der Waals surface area contributed by atoms with Crippen molar-refractivity contribution in [2.75, 3.05) is 0 Å². The molecule has 0 heterocycles. The standard InChI is InChI=1S/C44H77Cl/c1-30(20-34-24-40(10,11)28-41(12,13)25-34)44(45,31(2)21-35-26-42(14,15)29-43(16,17)27-35)19-18-33-22-36(38(4,5)6)32(3)37(23-33)39(7,8)9/h22-23,30-31,34-35H,18-21,24-29H2,1-17H3. The van der Waals surface area contributed by atoms with Gasteiger partial charge in [0, 0.05) is 0 Å². The zero-order valence-electron chi connectivity index (χ0n) is 33.4. The zero-order valence-corrected chi connectivity index (χ0v) is 34.2. The van der Waals surface area contributed by atoms with Gasteiger partial charge in [-0.3, -0.25) is 0 Å². The number of benzene rings is 1. The molecular formula is C44H77Cl. The fourth-order valence-corrected chi connectivity index (χ4v) is 11.9. The molecule has 0 bridgehead atoms. The van der Waals surface area contributed by atoms with Gasteiger partial charge in [0.1, 0.15) is 0 Å². The summed E-state index contributed by atoms with van der Waals surface area (Å²) < 4.78 is 0. The third-order valence-corrected chi connectivity index (χ3v) is 13.1. The molecule has 0 aromatic heterocycles. The Labute approximate surface area is 288 Å². The van der Waals surface area contributed by atoms with Gasteiger partial charge in [0.2, 0.25) is 0 Å². The first-order chi connectivity index (χ1) is 20.0. The molecule has 0 amide bonds. The number of halogens is 1. The van der Waals surface area contributed by atoms with E-state index in [1.165, 1.54) is 73.6 Å². The van der Waals surface area contributed by atoms with Gasteiger partial charge in [-0.1, -0.05) is 123 Å². The van der Waals surface area contributed by atoms with Gasteiger partial charge in [-0.25, -0.2) is 0 Å². The summed E-state index contributed by atoms with van der Waals surface area (Å²) in [5.74, 6) is 2.50. The van der Waals surface area contributed by atoms with Gasteiger partial charge in [0.15, 0.2) is 0 Å². The van der Waals surface area contributed by atoms with Gasteiger partial charge in [-0.05, 0) is 150 Å². The molecule has 2 unspecified atom stereocenters. The highest BCUT2D eigenvalue weighted by molar-refractivity contribution is 6.24. The maximum Gasteiger partial charge on any atom is 0.0501 e. The van der Waals surface area contributed by atoms with Crippen LogP contribution in [0.2, 0.25) is 0 Å². The molecule has 260 valence electrons. The molecule has 1 aromatic rings. The van der Waals surface area contributed by atoms with E-state index in [-0.39, 0.29) is 15.7 Å². The number of alkyl halides is 1. The Hall–Kier alpha value is -0.490. The summed E-state index contributed by atoms with van der Waals surface area (Å²) in [6.07, 6.45) is 12.7. The number of rotatable bonds is 9. The first-order valence-electron chi connectivity index (χ1n) is 18.9. The molecule has 45 heavy (non-hydrogen) atoms. The molecule has 2 saturated carbocycles. The third kappa shape index (κ3) is 10.3. The number of hydrogen-bond acceptors (Lipinski definition) is 0. The minimum Gasteiger partial charge on any atom is -0.119 e. The highest BCUT2D eigenvalue weighted by atomic mass is 35.5. The molecule has 1 heteroatoms. The Morgan fingerprint density at radius 3 is 1.24 bits per heavy atom. The number of hydrogen-bond donors (Lipinski definition) is 0. The van der Waals surface area contributed by atoms with E-state index in [4.69, 9.17) is 11.6 Å². The van der Waals surface area contributed by atoms with E-state index in [9.17, 15) is 0 Å². The minimum atomic E-state index is -0.202. The van der Waals surface area contributed by atoms with Crippen LogP contribution in [-0.2, 0) is 17.3 Å². The van der Waals surface area contributed by atoms with E-state index in [0.717, 1.165) is 24.7 Å². The summed E-state index contributed by atoms with van der Waals surface area (Å²) in [5, 5.41) is 0. The molecule has 0 aliphatic heterocycles. The highest BCUT2D eigenvalue weighted by Crippen LogP contribution is 2.54. The van der Waals surface area contributed by atoms with Crippen molar-refractivity contribution in [1.29, 1.82) is 0 Å². The Bertz CT molecular complexity index is 1030. The summed E-state index contributed by atoms with van der Waals surface area (Å²) in [6.45, 7) is 41.7. The molecule has 2 aliphatic carbocycles. The maximum absolute atomic E-state index is 8.20. The Morgan fingerprint density at radius 2 is 0.956 bits per heavy atom. The maximum atomic E-state index is 8.20. The normalized spacial score (nSPS) is 25.0. The average molecular weight is 642 g/mol. The van der Waals surface area contributed by atoms with Crippen molar-refractivity contribution >= 4 is 11.6 Å². The second-order valence-electron chi connectivity index (χ2n) is 22.1. The van der Waals surface area contributed by atoms with Crippen LogP contribution >= 0.6 is 11.6 Å². The predicted molar refractivity (Wildman–Crippen MR) is 203 cm³/mol. The van der Waals surface area contributed by atoms with Crippen molar-refractivity contribution < 1.29 is 0 Å². The lowest BCUT2D eigenvalue weighted by Gasteiger charge is -2.49. The van der Waals surface area contributed by atoms with Crippen LogP contribution in [0.3, 0.4) is 0 Å². The van der Waals surface area contributed by atoms with Crippen molar-refractivity contribution in [2.45, 2.75) is 198 Å². The second-order valence-corrected chi connectivity index (χ2v) is 22.8. The van der Waals surface area contributed by atoms with Gasteiger partial charge < -0.3 is 0 Å². The molecule has 2 aliphatic rings. The lowest BCUT2D eigenvalue weighted by molar-refractivity contribution is 0.0405. The van der Waals surface area contributed by atoms with Crippen LogP contribution in [0.1, 0.15) is 191 Å². The molecule has 3 rings (SSSR count). The topological polar surface area (TPSA) is 0 Å². The minimum absolute atomic E-state index is 0.125. The Morgan fingerprint density at radius 1 is 0.644 bits per heavy atom. The van der Waals surface area contributed by atoms with Gasteiger partial charge in [-0.15, -0.1) is 11.6 Å². The van der Waals surface area contributed by atoms with E-state index in [1.54, 1.807) is 0 Å². The summed E-state index contributed by atoms with van der Waals surface area (Å²) in [5.41, 5.74) is 7.89. The summed E-state index contributed by atoms with van der Waals surface area (Å²) in [6, 6.07) is 5.07. The first-order valence-corrected chi connectivity index (χ1v) is 19.3. The molecule has 1 aromatic carbocycles. The van der Waals surface area contributed by atoms with Crippen molar-refractivity contribution in [3.63, 3.8) is 0 Å². The lowest BCUT2D eigenvalue weighted by Crippen LogP contribution is -2.43. The first kappa shape index (κ1) is 39.0. The van der Waals surface area contributed by atoms with Crippen LogP contribution in [0.25, 0.3) is 0 Å². The van der Waals surface area contributed by atoms with Crippen molar-refractivity contribution in [2.24, 2.45) is 45.3 Å². The van der Waals surface area contributed by atoms with Crippen LogP contribution in [0, 0.1) is 52.3 Å². The Balaban J connectivity index is 1.97.